The minimum atomic E-state index is -0.0263. The topological polar surface area (TPSA) is 69.0 Å². The number of rotatable bonds is 4. The summed E-state index contributed by atoms with van der Waals surface area (Å²) in [6, 6.07) is 1.68. The predicted octanol–water partition coefficient (Wildman–Crippen LogP) is 1.79. The Kier molecular flexibility index (Phi) is 6.19. The van der Waals surface area contributed by atoms with Crippen molar-refractivity contribution in [3.63, 3.8) is 0 Å². The zero-order chi connectivity index (χ0) is 18.5. The van der Waals surface area contributed by atoms with Crippen molar-refractivity contribution in [1.29, 1.82) is 0 Å². The second-order valence-corrected chi connectivity index (χ2v) is 7.45. The van der Waals surface area contributed by atoms with Gasteiger partial charge in [0.2, 0.25) is 0 Å². The Morgan fingerprint density at radius 1 is 1.19 bits per heavy atom. The minimum absolute atomic E-state index is 0.0180. The summed E-state index contributed by atoms with van der Waals surface area (Å²) in [4.78, 5) is 30.8. The van der Waals surface area contributed by atoms with Gasteiger partial charge in [-0.1, -0.05) is 6.92 Å². The van der Waals surface area contributed by atoms with Crippen LogP contribution in [0.1, 0.15) is 35.9 Å². The number of furan rings is 1. The molecule has 1 aromatic rings. The second-order valence-electron chi connectivity index (χ2n) is 7.45. The first-order chi connectivity index (χ1) is 12.5. The van der Waals surface area contributed by atoms with Crippen molar-refractivity contribution in [1.82, 2.24) is 20.0 Å². The molecule has 2 saturated heterocycles. The van der Waals surface area contributed by atoms with Crippen molar-refractivity contribution in [2.45, 2.75) is 26.7 Å². The van der Waals surface area contributed by atoms with Gasteiger partial charge in [-0.05, 0) is 38.3 Å². The molecule has 1 N–H and O–H groups in total. The van der Waals surface area contributed by atoms with Gasteiger partial charge in [0.15, 0.2) is 0 Å². The number of amides is 3. The van der Waals surface area contributed by atoms with Gasteiger partial charge in [0.1, 0.15) is 5.76 Å². The van der Waals surface area contributed by atoms with E-state index in [1.807, 2.05) is 0 Å². The maximum Gasteiger partial charge on any atom is 0.317 e. The summed E-state index contributed by atoms with van der Waals surface area (Å²) in [5, 5.41) is 3.02. The third kappa shape index (κ3) is 4.58. The number of urea groups is 1. The van der Waals surface area contributed by atoms with E-state index in [0.29, 0.717) is 44.0 Å². The number of piperidine rings is 1. The maximum atomic E-state index is 12.5. The smallest absolute Gasteiger partial charge is 0.317 e. The van der Waals surface area contributed by atoms with Crippen LogP contribution in [0, 0.1) is 12.8 Å². The van der Waals surface area contributed by atoms with Crippen LogP contribution in [0.2, 0.25) is 0 Å². The Balaban J connectivity index is 1.38. The normalized spacial score (nSPS) is 21.7. The molecule has 3 heterocycles. The van der Waals surface area contributed by atoms with Crippen LogP contribution in [0.15, 0.2) is 16.7 Å². The molecule has 3 amide bonds. The molecule has 0 spiro atoms. The van der Waals surface area contributed by atoms with Crippen LogP contribution in [-0.2, 0) is 0 Å². The summed E-state index contributed by atoms with van der Waals surface area (Å²) < 4.78 is 5.21. The van der Waals surface area contributed by atoms with Crippen LogP contribution < -0.4 is 5.32 Å². The molecule has 1 unspecified atom stereocenters. The van der Waals surface area contributed by atoms with Gasteiger partial charge in [-0.3, -0.25) is 4.79 Å². The van der Waals surface area contributed by atoms with E-state index < -0.39 is 0 Å². The Bertz CT molecular complexity index is 622. The molecular weight excluding hydrogens is 332 g/mol. The fraction of sp³-hybridized carbons (Fsp3) is 0.684. The fourth-order valence-electron chi connectivity index (χ4n) is 3.81. The first-order valence-electron chi connectivity index (χ1n) is 9.63. The molecule has 144 valence electrons. The summed E-state index contributed by atoms with van der Waals surface area (Å²) in [7, 11) is 0. The predicted molar refractivity (Wildman–Crippen MR) is 99.2 cm³/mol. The van der Waals surface area contributed by atoms with Gasteiger partial charge in [0, 0.05) is 45.8 Å². The first-order valence-corrected chi connectivity index (χ1v) is 9.63. The summed E-state index contributed by atoms with van der Waals surface area (Å²) in [5.41, 5.74) is 0.610. The zero-order valence-corrected chi connectivity index (χ0v) is 15.9. The molecule has 2 aliphatic heterocycles. The lowest BCUT2D eigenvalue weighted by atomic mass is 10.0. The molecule has 0 radical (unpaired) electrons. The summed E-state index contributed by atoms with van der Waals surface area (Å²) in [6.07, 6.45) is 4.10. The van der Waals surface area contributed by atoms with Crippen LogP contribution in [0.3, 0.4) is 0 Å². The molecule has 1 aromatic heterocycles. The van der Waals surface area contributed by atoms with E-state index in [-0.39, 0.29) is 11.9 Å². The Morgan fingerprint density at radius 2 is 1.92 bits per heavy atom. The van der Waals surface area contributed by atoms with Gasteiger partial charge >= 0.3 is 6.03 Å². The summed E-state index contributed by atoms with van der Waals surface area (Å²) >= 11 is 0. The SMILES string of the molecule is Cc1occc1C(=O)N1CCN(C(=O)NCCN2CCCC(C)C2)CC1. The average Bonchev–Trinajstić information content (AvgIpc) is 3.07. The molecular formula is C19H30N4O3. The molecule has 0 bridgehead atoms. The van der Waals surface area contributed by atoms with Crippen LogP contribution in [-0.4, -0.2) is 79.0 Å². The second kappa shape index (κ2) is 8.58. The van der Waals surface area contributed by atoms with Crippen LogP contribution in [0.25, 0.3) is 0 Å². The van der Waals surface area contributed by atoms with E-state index in [1.165, 1.54) is 19.1 Å². The molecule has 0 aliphatic carbocycles. The van der Waals surface area contributed by atoms with Gasteiger partial charge in [-0.2, -0.15) is 0 Å². The first kappa shape index (κ1) is 18.8. The highest BCUT2D eigenvalue weighted by Crippen LogP contribution is 2.15. The largest absolute Gasteiger partial charge is 0.469 e. The van der Waals surface area contributed by atoms with Crippen LogP contribution in [0.5, 0.6) is 0 Å². The minimum Gasteiger partial charge on any atom is -0.469 e. The van der Waals surface area contributed by atoms with Gasteiger partial charge in [0.25, 0.3) is 5.91 Å². The number of likely N-dealkylation sites (tertiary alicyclic amines) is 1. The lowest BCUT2D eigenvalue weighted by Crippen LogP contribution is -2.54. The van der Waals surface area contributed by atoms with E-state index in [9.17, 15) is 9.59 Å². The molecule has 0 aromatic carbocycles. The van der Waals surface area contributed by atoms with E-state index >= 15 is 0 Å². The Hall–Kier alpha value is -2.02. The third-order valence-electron chi connectivity index (χ3n) is 5.39. The highest BCUT2D eigenvalue weighted by Gasteiger charge is 2.26. The number of hydrogen-bond acceptors (Lipinski definition) is 4. The monoisotopic (exact) mass is 362 g/mol. The van der Waals surface area contributed by atoms with Crippen molar-refractivity contribution < 1.29 is 14.0 Å². The zero-order valence-electron chi connectivity index (χ0n) is 15.9. The van der Waals surface area contributed by atoms with Crippen molar-refractivity contribution in [2.24, 2.45) is 5.92 Å². The molecule has 26 heavy (non-hydrogen) atoms. The van der Waals surface area contributed by atoms with Gasteiger partial charge in [-0.25, -0.2) is 4.79 Å². The number of nitrogens with one attached hydrogen (secondary N) is 1. The molecule has 7 heteroatoms. The number of nitrogens with zero attached hydrogens (tertiary/aromatic N) is 3. The van der Waals surface area contributed by atoms with E-state index in [2.05, 4.69) is 17.1 Å². The molecule has 2 aliphatic rings. The number of carbonyl (C=O) groups is 2. The Morgan fingerprint density at radius 3 is 2.58 bits per heavy atom. The number of carbonyl (C=O) groups excluding carboxylic acids is 2. The lowest BCUT2D eigenvalue weighted by Gasteiger charge is -2.35. The van der Waals surface area contributed by atoms with E-state index in [1.54, 1.807) is 22.8 Å². The molecule has 0 saturated carbocycles. The fourth-order valence-corrected chi connectivity index (χ4v) is 3.81. The number of aryl methyl sites for hydroxylation is 1. The van der Waals surface area contributed by atoms with Crippen molar-refractivity contribution >= 4 is 11.9 Å². The third-order valence-corrected chi connectivity index (χ3v) is 5.39. The van der Waals surface area contributed by atoms with Gasteiger partial charge in [0.05, 0.1) is 11.8 Å². The highest BCUT2D eigenvalue weighted by atomic mass is 16.3. The Labute approximate surface area is 155 Å². The maximum absolute atomic E-state index is 12.5. The van der Waals surface area contributed by atoms with Crippen molar-refractivity contribution in [2.75, 3.05) is 52.4 Å². The van der Waals surface area contributed by atoms with Crippen molar-refractivity contribution in [3.05, 3.63) is 23.7 Å². The molecule has 7 nitrogen and oxygen atoms in total. The van der Waals surface area contributed by atoms with E-state index in [4.69, 9.17) is 4.42 Å². The quantitative estimate of drug-likeness (QED) is 0.887. The lowest BCUT2D eigenvalue weighted by molar-refractivity contribution is 0.0662. The van der Waals surface area contributed by atoms with E-state index in [0.717, 1.165) is 25.6 Å². The molecule has 3 rings (SSSR count). The molecule has 1 atom stereocenters. The van der Waals surface area contributed by atoms with Crippen molar-refractivity contribution in [3.8, 4) is 0 Å². The standard InChI is InChI=1S/C19H30N4O3/c1-15-4-3-7-21(14-15)8-6-20-19(25)23-11-9-22(10-12-23)18(24)17-5-13-26-16(17)2/h5,13,15H,3-4,6-12,14H2,1-2H3,(H,20,25). The summed E-state index contributed by atoms with van der Waals surface area (Å²) in [5.74, 6) is 1.38. The van der Waals surface area contributed by atoms with Crippen LogP contribution >= 0.6 is 0 Å². The van der Waals surface area contributed by atoms with Gasteiger partial charge in [-0.15, -0.1) is 0 Å². The van der Waals surface area contributed by atoms with Crippen LogP contribution in [0.4, 0.5) is 4.79 Å². The van der Waals surface area contributed by atoms with Gasteiger partial charge < -0.3 is 24.4 Å². The number of hydrogen-bond donors (Lipinski definition) is 1. The summed E-state index contributed by atoms with van der Waals surface area (Å²) in [6.45, 7) is 10.2. The average molecular weight is 362 g/mol. The molecule has 2 fully saturated rings. The number of piperazine rings is 1. The highest BCUT2D eigenvalue weighted by molar-refractivity contribution is 5.95.